The molecule has 1 saturated heterocycles. The molecule has 1 aromatic heterocycles. The highest BCUT2D eigenvalue weighted by molar-refractivity contribution is 7.13. The Morgan fingerprint density at radius 3 is 2.48 bits per heavy atom. The first-order valence-corrected chi connectivity index (χ1v) is 10.1. The summed E-state index contributed by atoms with van der Waals surface area (Å²) in [6, 6.07) is 7.66. The highest BCUT2D eigenvalue weighted by Crippen LogP contribution is 2.22. The number of aromatic nitrogens is 1. The van der Waals surface area contributed by atoms with Gasteiger partial charge in [0.1, 0.15) is 5.75 Å². The number of amides is 2. The Balaban J connectivity index is 1.48. The van der Waals surface area contributed by atoms with E-state index in [1.165, 1.54) is 11.3 Å². The minimum atomic E-state index is -0.545. The number of carbonyl (C=O) groups is 2. The predicted octanol–water partition coefficient (Wildman–Crippen LogP) is 3.40. The number of hydrogen-bond donors (Lipinski definition) is 1. The maximum atomic E-state index is 12.6. The average Bonchev–Trinajstić information content (AvgIpc) is 3.07. The van der Waals surface area contributed by atoms with Crippen LogP contribution < -0.4 is 10.1 Å². The molecule has 1 fully saturated rings. The molecule has 1 aliphatic heterocycles. The summed E-state index contributed by atoms with van der Waals surface area (Å²) in [5.74, 6) is 0.548. The van der Waals surface area contributed by atoms with Gasteiger partial charge >= 0.3 is 0 Å². The first-order valence-electron chi connectivity index (χ1n) is 9.17. The zero-order chi connectivity index (χ0) is 19.4. The fourth-order valence-corrected chi connectivity index (χ4v) is 3.80. The van der Waals surface area contributed by atoms with Crippen LogP contribution in [0.5, 0.6) is 5.75 Å². The third-order valence-electron chi connectivity index (χ3n) is 4.71. The zero-order valence-corrected chi connectivity index (χ0v) is 16.7. The Bertz CT molecular complexity index is 795. The number of piperidine rings is 1. The number of rotatable bonds is 5. The molecular formula is C20H25N3O3S. The second kappa shape index (κ2) is 8.52. The number of nitrogens with zero attached hydrogens (tertiary/aromatic N) is 2. The lowest BCUT2D eigenvalue weighted by Crippen LogP contribution is -2.46. The molecule has 27 heavy (non-hydrogen) atoms. The van der Waals surface area contributed by atoms with Gasteiger partial charge in [0.2, 0.25) is 5.91 Å². The summed E-state index contributed by atoms with van der Waals surface area (Å²) in [6.45, 7) is 6.81. The van der Waals surface area contributed by atoms with Gasteiger partial charge in [0.25, 0.3) is 5.91 Å². The van der Waals surface area contributed by atoms with Crippen molar-refractivity contribution in [1.29, 1.82) is 0 Å². The van der Waals surface area contributed by atoms with Crippen LogP contribution >= 0.6 is 11.3 Å². The Morgan fingerprint density at radius 1 is 1.22 bits per heavy atom. The molecule has 0 aliphatic carbocycles. The molecule has 2 heterocycles. The van der Waals surface area contributed by atoms with Gasteiger partial charge < -0.3 is 15.0 Å². The molecule has 3 rings (SSSR count). The van der Waals surface area contributed by atoms with Crippen LogP contribution in [0.2, 0.25) is 0 Å². The quantitative estimate of drug-likeness (QED) is 0.853. The van der Waals surface area contributed by atoms with Crippen LogP contribution in [0.1, 0.15) is 31.0 Å². The van der Waals surface area contributed by atoms with Crippen molar-refractivity contribution >= 4 is 28.3 Å². The predicted molar refractivity (Wildman–Crippen MR) is 106 cm³/mol. The first kappa shape index (κ1) is 19.4. The highest BCUT2D eigenvalue weighted by Gasteiger charge is 2.30. The summed E-state index contributed by atoms with van der Waals surface area (Å²) in [5.41, 5.74) is 2.05. The summed E-state index contributed by atoms with van der Waals surface area (Å²) < 4.78 is 5.76. The fraction of sp³-hybridized carbons (Fsp3) is 0.450. The van der Waals surface area contributed by atoms with Crippen molar-refractivity contribution in [3.8, 4) is 5.75 Å². The van der Waals surface area contributed by atoms with E-state index in [1.54, 1.807) is 11.8 Å². The smallest absolute Gasteiger partial charge is 0.263 e. The molecule has 1 N–H and O–H groups in total. The van der Waals surface area contributed by atoms with Gasteiger partial charge in [-0.15, -0.1) is 11.3 Å². The van der Waals surface area contributed by atoms with Crippen LogP contribution in [-0.4, -0.2) is 40.9 Å². The summed E-state index contributed by atoms with van der Waals surface area (Å²) in [4.78, 5) is 31.1. The van der Waals surface area contributed by atoms with E-state index in [4.69, 9.17) is 4.74 Å². The van der Waals surface area contributed by atoms with E-state index in [9.17, 15) is 9.59 Å². The van der Waals surface area contributed by atoms with Gasteiger partial charge in [-0.3, -0.25) is 9.59 Å². The molecule has 2 amide bonds. The zero-order valence-electron chi connectivity index (χ0n) is 15.9. The van der Waals surface area contributed by atoms with Crippen LogP contribution in [-0.2, 0) is 9.59 Å². The lowest BCUT2D eigenvalue weighted by molar-refractivity contribution is -0.140. The molecule has 2 aromatic rings. The van der Waals surface area contributed by atoms with E-state index in [2.05, 4.69) is 10.3 Å². The van der Waals surface area contributed by atoms with Crippen LogP contribution in [0, 0.1) is 19.8 Å². The molecule has 1 unspecified atom stereocenters. The molecule has 0 radical (unpaired) electrons. The first-order chi connectivity index (χ1) is 12.9. The van der Waals surface area contributed by atoms with Crippen molar-refractivity contribution in [2.75, 3.05) is 18.4 Å². The highest BCUT2D eigenvalue weighted by atomic mass is 32.1. The molecule has 1 atom stereocenters. The number of nitrogens with one attached hydrogen (secondary N) is 1. The standard InChI is InChI=1S/C20H25N3O3S/c1-13-4-6-17(7-5-13)26-15(3)19(25)23-10-8-16(9-11-23)18(24)22-20-21-14(2)12-27-20/h4-7,12,15-16H,8-11H2,1-3H3,(H,21,22,24). The second-order valence-corrected chi connectivity index (χ2v) is 7.81. The lowest BCUT2D eigenvalue weighted by atomic mass is 9.95. The normalized spacial score (nSPS) is 16.0. The topological polar surface area (TPSA) is 71.5 Å². The number of thiazole rings is 1. The Hall–Kier alpha value is -2.41. The van der Waals surface area contributed by atoms with E-state index in [0.717, 1.165) is 11.3 Å². The number of hydrogen-bond acceptors (Lipinski definition) is 5. The van der Waals surface area contributed by atoms with Gasteiger partial charge in [-0.25, -0.2) is 4.98 Å². The summed E-state index contributed by atoms with van der Waals surface area (Å²) in [5, 5.41) is 5.42. The van der Waals surface area contributed by atoms with Crippen molar-refractivity contribution < 1.29 is 14.3 Å². The monoisotopic (exact) mass is 387 g/mol. The largest absolute Gasteiger partial charge is 0.481 e. The van der Waals surface area contributed by atoms with Gasteiger partial charge in [-0.05, 0) is 45.7 Å². The Labute approximate surface area is 163 Å². The van der Waals surface area contributed by atoms with Gasteiger partial charge in [-0.2, -0.15) is 0 Å². The van der Waals surface area contributed by atoms with Gasteiger partial charge in [0.05, 0.1) is 5.69 Å². The molecule has 0 bridgehead atoms. The number of aryl methyl sites for hydroxylation is 2. The van der Waals surface area contributed by atoms with Crippen molar-refractivity contribution in [2.24, 2.45) is 5.92 Å². The third kappa shape index (κ3) is 5.07. The van der Waals surface area contributed by atoms with Gasteiger partial charge in [0, 0.05) is 24.4 Å². The summed E-state index contributed by atoms with van der Waals surface area (Å²) in [6.07, 6.45) is 0.759. The van der Waals surface area contributed by atoms with Crippen LogP contribution in [0.25, 0.3) is 0 Å². The molecular weight excluding hydrogens is 362 g/mol. The molecule has 7 heteroatoms. The molecule has 144 valence electrons. The Morgan fingerprint density at radius 2 is 1.89 bits per heavy atom. The molecule has 1 aliphatic rings. The molecule has 1 aromatic carbocycles. The van der Waals surface area contributed by atoms with Crippen LogP contribution in [0.4, 0.5) is 5.13 Å². The van der Waals surface area contributed by atoms with Crippen molar-refractivity contribution in [1.82, 2.24) is 9.88 Å². The number of ether oxygens (including phenoxy) is 1. The third-order valence-corrected chi connectivity index (χ3v) is 5.58. The van der Waals surface area contributed by atoms with E-state index in [-0.39, 0.29) is 17.7 Å². The number of benzene rings is 1. The SMILES string of the molecule is Cc1ccc(OC(C)C(=O)N2CCC(C(=O)Nc3nc(C)cs3)CC2)cc1. The van der Waals surface area contributed by atoms with E-state index >= 15 is 0 Å². The molecule has 0 saturated carbocycles. The fourth-order valence-electron chi connectivity index (χ4n) is 3.11. The van der Waals surface area contributed by atoms with Crippen LogP contribution in [0.15, 0.2) is 29.6 Å². The second-order valence-electron chi connectivity index (χ2n) is 6.96. The van der Waals surface area contributed by atoms with Crippen molar-refractivity contribution in [3.63, 3.8) is 0 Å². The molecule has 6 nitrogen and oxygen atoms in total. The van der Waals surface area contributed by atoms with Gasteiger partial charge in [0.15, 0.2) is 11.2 Å². The number of likely N-dealkylation sites (tertiary alicyclic amines) is 1. The maximum Gasteiger partial charge on any atom is 0.263 e. The number of anilines is 1. The minimum absolute atomic E-state index is 0.0135. The van der Waals surface area contributed by atoms with Crippen molar-refractivity contribution in [2.45, 2.75) is 39.7 Å². The van der Waals surface area contributed by atoms with Crippen molar-refractivity contribution in [3.05, 3.63) is 40.9 Å². The molecule has 0 spiro atoms. The minimum Gasteiger partial charge on any atom is -0.481 e. The van der Waals surface area contributed by atoms with E-state index in [0.29, 0.717) is 36.8 Å². The van der Waals surface area contributed by atoms with E-state index in [1.807, 2.05) is 43.5 Å². The van der Waals surface area contributed by atoms with E-state index < -0.39 is 6.10 Å². The average molecular weight is 388 g/mol. The van der Waals surface area contributed by atoms with Crippen LogP contribution in [0.3, 0.4) is 0 Å². The summed E-state index contributed by atoms with van der Waals surface area (Å²) in [7, 11) is 0. The summed E-state index contributed by atoms with van der Waals surface area (Å²) >= 11 is 1.43. The maximum absolute atomic E-state index is 12.6. The van der Waals surface area contributed by atoms with Gasteiger partial charge in [-0.1, -0.05) is 17.7 Å². The Kier molecular flexibility index (Phi) is 6.11. The number of carbonyl (C=O) groups excluding carboxylic acids is 2. The lowest BCUT2D eigenvalue weighted by Gasteiger charge is -2.32.